The number of carboxylic acids is 1. The first kappa shape index (κ1) is 18.6. The molecule has 0 saturated carbocycles. The van der Waals surface area contributed by atoms with Crippen LogP contribution < -0.4 is 34.7 Å². The maximum Gasteiger partial charge on any atom is 1.00 e. The molecule has 5 atom stereocenters. The van der Waals surface area contributed by atoms with Gasteiger partial charge in [-0.1, -0.05) is 20.8 Å². The van der Waals surface area contributed by atoms with E-state index >= 15 is 0 Å². The first-order chi connectivity index (χ1) is 9.20. The van der Waals surface area contributed by atoms with Crippen molar-refractivity contribution in [3.63, 3.8) is 0 Å². The van der Waals surface area contributed by atoms with Crippen molar-refractivity contribution >= 4 is 11.9 Å². The molecule has 0 spiro atoms. The van der Waals surface area contributed by atoms with E-state index in [0.29, 0.717) is 5.57 Å². The predicted molar refractivity (Wildman–Crippen MR) is 67.8 cm³/mol. The Morgan fingerprint density at radius 3 is 2.19 bits per heavy atom. The Morgan fingerprint density at radius 2 is 1.81 bits per heavy atom. The molecule has 0 unspecified atom stereocenters. The van der Waals surface area contributed by atoms with E-state index in [4.69, 9.17) is 0 Å². The van der Waals surface area contributed by atoms with E-state index in [9.17, 15) is 24.9 Å². The Hall–Kier alpha value is -0.400. The number of carbonyl (C=O) groups excluding carboxylic acids is 2. The average Bonchev–Trinajstić information content (AvgIpc) is 2.57. The zero-order valence-electron chi connectivity index (χ0n) is 13.0. The predicted octanol–water partition coefficient (Wildman–Crippen LogP) is -4.13. The Kier molecular flexibility index (Phi) is 5.67. The molecular formula is C14H20NNaO5. The number of amides is 1. The van der Waals surface area contributed by atoms with E-state index in [1.807, 2.05) is 0 Å². The molecule has 0 aromatic rings. The van der Waals surface area contributed by atoms with E-state index < -0.39 is 36.0 Å². The molecule has 1 amide bonds. The number of carboxylic acid groups (broad SMARTS) is 1. The minimum absolute atomic E-state index is 0. The quantitative estimate of drug-likeness (QED) is 0.406. The van der Waals surface area contributed by atoms with Gasteiger partial charge in [-0.3, -0.25) is 4.79 Å². The molecule has 112 valence electrons. The van der Waals surface area contributed by atoms with Crippen LogP contribution in [0.15, 0.2) is 11.3 Å². The van der Waals surface area contributed by atoms with Crippen LogP contribution in [0.2, 0.25) is 0 Å². The monoisotopic (exact) mass is 305 g/mol. The van der Waals surface area contributed by atoms with Crippen LogP contribution in [0.25, 0.3) is 0 Å². The fourth-order valence-electron chi connectivity index (χ4n) is 3.34. The smallest absolute Gasteiger partial charge is 0.543 e. The zero-order chi connectivity index (χ0) is 15.4. The van der Waals surface area contributed by atoms with Crippen LogP contribution >= 0.6 is 0 Å². The fourth-order valence-corrected chi connectivity index (χ4v) is 3.34. The molecule has 2 heterocycles. The van der Waals surface area contributed by atoms with Gasteiger partial charge in [0.05, 0.1) is 35.8 Å². The van der Waals surface area contributed by atoms with Crippen LogP contribution in [-0.4, -0.2) is 45.2 Å². The minimum atomic E-state index is -1.45. The summed E-state index contributed by atoms with van der Waals surface area (Å²) < 4.78 is 0. The van der Waals surface area contributed by atoms with Crippen LogP contribution in [0.4, 0.5) is 0 Å². The number of hydrogen-bond acceptors (Lipinski definition) is 5. The van der Waals surface area contributed by atoms with E-state index in [-0.39, 0.29) is 47.1 Å². The van der Waals surface area contributed by atoms with E-state index in [2.05, 4.69) is 0 Å². The number of fused-ring (bicyclic) bond motifs is 1. The molecule has 0 bridgehead atoms. The molecule has 1 fully saturated rings. The number of aliphatic hydroxyl groups excluding tert-OH is 2. The second-order valence-corrected chi connectivity index (χ2v) is 6.03. The number of aliphatic carboxylic acids is 1. The molecular weight excluding hydrogens is 285 g/mol. The Balaban J connectivity index is 0.00000220. The number of hydrogen-bond donors (Lipinski definition) is 2. The van der Waals surface area contributed by atoms with E-state index in [0.717, 1.165) is 0 Å². The van der Waals surface area contributed by atoms with Crippen LogP contribution in [0.5, 0.6) is 0 Å². The topological polar surface area (TPSA) is 101 Å². The molecule has 2 rings (SSSR count). The maximum absolute atomic E-state index is 12.0. The molecule has 0 radical (unpaired) electrons. The van der Waals surface area contributed by atoms with Gasteiger partial charge in [-0.2, -0.15) is 0 Å². The van der Waals surface area contributed by atoms with E-state index in [1.165, 1.54) is 11.8 Å². The summed E-state index contributed by atoms with van der Waals surface area (Å²) in [4.78, 5) is 24.6. The van der Waals surface area contributed by atoms with Gasteiger partial charge in [-0.05, 0) is 18.4 Å². The third-order valence-corrected chi connectivity index (χ3v) is 4.37. The van der Waals surface area contributed by atoms with Gasteiger partial charge in [0.2, 0.25) is 5.91 Å². The molecule has 6 nitrogen and oxygen atoms in total. The van der Waals surface area contributed by atoms with Gasteiger partial charge in [0.15, 0.2) is 0 Å². The third kappa shape index (κ3) is 2.68. The van der Waals surface area contributed by atoms with Crippen molar-refractivity contribution in [1.29, 1.82) is 0 Å². The third-order valence-electron chi connectivity index (χ3n) is 4.37. The van der Waals surface area contributed by atoms with Crippen LogP contribution in [-0.2, 0) is 9.59 Å². The molecule has 2 N–H and O–H groups in total. The van der Waals surface area contributed by atoms with Gasteiger partial charge in [0, 0.05) is 5.92 Å². The Morgan fingerprint density at radius 1 is 1.29 bits per heavy atom. The molecule has 0 aliphatic carbocycles. The van der Waals surface area contributed by atoms with Gasteiger partial charge in [-0.15, -0.1) is 0 Å². The fraction of sp³-hybridized carbons (Fsp3) is 0.714. The van der Waals surface area contributed by atoms with Crippen molar-refractivity contribution < 1.29 is 54.5 Å². The van der Waals surface area contributed by atoms with E-state index in [1.54, 1.807) is 20.8 Å². The van der Waals surface area contributed by atoms with Crippen molar-refractivity contribution in [1.82, 2.24) is 4.90 Å². The molecule has 0 aromatic heterocycles. The standard InChI is InChI=1S/C14H21NO5.Na/c1-5(2)12(17)8-6(3)10-9(7(4)16)13(18)15(10)11(8)14(19)20;/h5-7,9-10,12,16-17H,1-4H3,(H,19,20);/q;+1/p-1/t6-,7+,9+,10+,12+;/m0./s1. The van der Waals surface area contributed by atoms with Crippen LogP contribution in [0, 0.1) is 17.8 Å². The molecule has 21 heavy (non-hydrogen) atoms. The number of rotatable bonds is 4. The molecule has 7 heteroatoms. The normalized spacial score (nSPS) is 30.7. The Labute approximate surface area is 146 Å². The van der Waals surface area contributed by atoms with Crippen molar-refractivity contribution in [2.24, 2.45) is 17.8 Å². The van der Waals surface area contributed by atoms with Gasteiger partial charge in [0.25, 0.3) is 0 Å². The van der Waals surface area contributed by atoms with Crippen molar-refractivity contribution in [2.45, 2.75) is 45.9 Å². The van der Waals surface area contributed by atoms with Gasteiger partial charge in [0.1, 0.15) is 0 Å². The zero-order valence-corrected chi connectivity index (χ0v) is 15.0. The number of carbonyl (C=O) groups is 2. The average molecular weight is 305 g/mol. The van der Waals surface area contributed by atoms with Gasteiger partial charge in [-0.25, -0.2) is 0 Å². The largest absolute Gasteiger partial charge is 1.00 e. The van der Waals surface area contributed by atoms with Gasteiger partial charge >= 0.3 is 29.6 Å². The summed E-state index contributed by atoms with van der Waals surface area (Å²) in [5.74, 6) is -2.96. The summed E-state index contributed by atoms with van der Waals surface area (Å²) in [6.07, 6.45) is -1.78. The van der Waals surface area contributed by atoms with Gasteiger partial charge < -0.3 is 25.0 Å². The van der Waals surface area contributed by atoms with Crippen LogP contribution in [0.3, 0.4) is 0 Å². The maximum atomic E-state index is 12.0. The van der Waals surface area contributed by atoms with Crippen molar-refractivity contribution in [2.75, 3.05) is 0 Å². The second-order valence-electron chi connectivity index (χ2n) is 6.03. The van der Waals surface area contributed by atoms with Crippen LogP contribution in [0.1, 0.15) is 27.7 Å². The number of aliphatic hydroxyl groups is 2. The summed E-state index contributed by atoms with van der Waals surface area (Å²) >= 11 is 0. The second kappa shape index (κ2) is 6.38. The summed E-state index contributed by atoms with van der Waals surface area (Å²) in [7, 11) is 0. The van der Waals surface area contributed by atoms with Crippen molar-refractivity contribution in [3.05, 3.63) is 11.3 Å². The summed E-state index contributed by atoms with van der Waals surface area (Å²) in [5, 5.41) is 31.3. The SMILES string of the molecule is CC(C)[C@@H](O)C1=C(C(=O)[O-])N2C(=O)[C@H]([C@@H](C)O)[C@H]2[C@H]1C.[Na+]. The number of nitrogens with zero attached hydrogens (tertiary/aromatic N) is 1. The van der Waals surface area contributed by atoms with Crippen molar-refractivity contribution in [3.8, 4) is 0 Å². The number of β-lactam (4-membered cyclic amide) rings is 1. The molecule has 2 aliphatic heterocycles. The summed E-state index contributed by atoms with van der Waals surface area (Å²) in [6.45, 7) is 6.85. The Bertz CT molecular complexity index is 488. The molecule has 2 aliphatic rings. The first-order valence-electron chi connectivity index (χ1n) is 6.84. The first-order valence-corrected chi connectivity index (χ1v) is 6.84. The summed E-state index contributed by atoms with van der Waals surface area (Å²) in [5.41, 5.74) is 0.118. The summed E-state index contributed by atoms with van der Waals surface area (Å²) in [6, 6.07) is -0.404. The molecule has 1 saturated heterocycles. The molecule has 0 aromatic carbocycles. The minimum Gasteiger partial charge on any atom is -0.543 e.